The number of methoxy groups -OCH3 is 1. The zero-order valence-electron chi connectivity index (χ0n) is 21.5. The van der Waals surface area contributed by atoms with E-state index in [1.165, 1.54) is 0 Å². The van der Waals surface area contributed by atoms with Crippen LogP contribution in [0.4, 0.5) is 4.79 Å². The van der Waals surface area contributed by atoms with E-state index in [4.69, 9.17) is 18.9 Å². The van der Waals surface area contributed by atoms with Crippen LogP contribution in [0.15, 0.2) is 60.7 Å². The highest BCUT2D eigenvalue weighted by molar-refractivity contribution is 5.82. The lowest BCUT2D eigenvalue weighted by Gasteiger charge is -2.25. The van der Waals surface area contributed by atoms with Crippen molar-refractivity contribution < 1.29 is 33.3 Å². The van der Waals surface area contributed by atoms with Crippen LogP contribution in [-0.4, -0.2) is 49.5 Å². The van der Waals surface area contributed by atoms with Crippen LogP contribution < -0.4 is 5.32 Å². The summed E-state index contributed by atoms with van der Waals surface area (Å²) in [5.74, 6) is -1.13. The maximum Gasteiger partial charge on any atom is 0.408 e. The van der Waals surface area contributed by atoms with E-state index in [0.29, 0.717) is 19.4 Å². The molecule has 0 saturated carbocycles. The maximum absolute atomic E-state index is 13.2. The molecule has 0 heterocycles. The first kappa shape index (κ1) is 28.8. The monoisotopic (exact) mass is 499 g/mol. The normalized spacial score (nSPS) is 12.8. The van der Waals surface area contributed by atoms with Crippen molar-refractivity contribution >= 4 is 18.0 Å². The smallest absolute Gasteiger partial charge is 0.408 e. The second-order valence-electron chi connectivity index (χ2n) is 9.43. The molecule has 1 amide bonds. The minimum Gasteiger partial charge on any atom is -0.461 e. The predicted molar refractivity (Wildman–Crippen MR) is 135 cm³/mol. The Balaban J connectivity index is 2.06. The molecule has 2 atom stereocenters. The van der Waals surface area contributed by atoms with Crippen molar-refractivity contribution in [3.8, 4) is 0 Å². The summed E-state index contributed by atoms with van der Waals surface area (Å²) >= 11 is 0. The molecule has 0 aromatic heterocycles. The fourth-order valence-corrected chi connectivity index (χ4v) is 3.38. The highest BCUT2D eigenvalue weighted by Crippen LogP contribution is 2.14. The third kappa shape index (κ3) is 11.8. The van der Waals surface area contributed by atoms with Crippen molar-refractivity contribution in [2.45, 2.75) is 70.8 Å². The quantitative estimate of drug-likeness (QED) is 0.244. The molecule has 0 bridgehead atoms. The van der Waals surface area contributed by atoms with Gasteiger partial charge in [-0.25, -0.2) is 9.59 Å². The standard InChI is InChI=1S/C28H37NO7/c1-28(2,3)36-27(32)29-24(18-21-12-7-5-8-13-21)26(31)35-23(16-11-17-33-4)19-25(30)34-20-22-14-9-6-10-15-22/h5-10,12-15,23-24H,11,16-20H2,1-4H3,(H,29,32)/t23-,24-/m1/s1. The van der Waals surface area contributed by atoms with Crippen molar-refractivity contribution in [1.82, 2.24) is 5.32 Å². The molecule has 0 fully saturated rings. The van der Waals surface area contributed by atoms with Gasteiger partial charge in [0.15, 0.2) is 0 Å². The summed E-state index contributed by atoms with van der Waals surface area (Å²) in [4.78, 5) is 38.1. The molecule has 2 aromatic carbocycles. The van der Waals surface area contributed by atoms with Gasteiger partial charge in [0.1, 0.15) is 24.4 Å². The Hall–Kier alpha value is -3.39. The van der Waals surface area contributed by atoms with Crippen LogP contribution in [0.1, 0.15) is 51.2 Å². The molecule has 8 heteroatoms. The summed E-state index contributed by atoms with van der Waals surface area (Å²) in [5.41, 5.74) is 0.980. The van der Waals surface area contributed by atoms with Gasteiger partial charge < -0.3 is 24.3 Å². The Morgan fingerprint density at radius 2 is 1.53 bits per heavy atom. The molecular formula is C28H37NO7. The third-order valence-electron chi connectivity index (χ3n) is 5.05. The molecule has 0 spiro atoms. The molecule has 2 rings (SSSR count). The molecule has 0 aliphatic rings. The number of rotatable bonds is 13. The summed E-state index contributed by atoms with van der Waals surface area (Å²) in [5, 5.41) is 2.62. The van der Waals surface area contributed by atoms with Gasteiger partial charge in [-0.1, -0.05) is 60.7 Å². The van der Waals surface area contributed by atoms with Crippen LogP contribution >= 0.6 is 0 Å². The van der Waals surface area contributed by atoms with E-state index >= 15 is 0 Å². The number of esters is 2. The van der Waals surface area contributed by atoms with Crippen LogP contribution in [0.3, 0.4) is 0 Å². The minimum atomic E-state index is -0.993. The molecule has 0 unspecified atom stereocenters. The van der Waals surface area contributed by atoms with Crippen LogP contribution in [-0.2, 0) is 41.6 Å². The van der Waals surface area contributed by atoms with Gasteiger partial charge in [-0.2, -0.15) is 0 Å². The molecule has 0 saturated heterocycles. The van der Waals surface area contributed by atoms with Crippen molar-refractivity contribution in [2.75, 3.05) is 13.7 Å². The maximum atomic E-state index is 13.2. The minimum absolute atomic E-state index is 0.104. The molecule has 0 aliphatic carbocycles. The summed E-state index contributed by atoms with van der Waals surface area (Å²) < 4.78 is 21.5. The first-order valence-electron chi connectivity index (χ1n) is 12.1. The first-order valence-corrected chi connectivity index (χ1v) is 12.1. The third-order valence-corrected chi connectivity index (χ3v) is 5.05. The van der Waals surface area contributed by atoms with Crippen LogP contribution in [0.25, 0.3) is 0 Å². The fraction of sp³-hybridized carbons (Fsp3) is 0.464. The van der Waals surface area contributed by atoms with Gasteiger partial charge in [-0.15, -0.1) is 0 Å². The lowest BCUT2D eigenvalue weighted by molar-refractivity contribution is -0.158. The highest BCUT2D eigenvalue weighted by atomic mass is 16.6. The molecule has 8 nitrogen and oxygen atoms in total. The zero-order chi connectivity index (χ0) is 26.4. The number of ether oxygens (including phenoxy) is 4. The number of benzene rings is 2. The van der Waals surface area contributed by atoms with Gasteiger partial charge in [0, 0.05) is 20.1 Å². The van der Waals surface area contributed by atoms with E-state index < -0.39 is 35.8 Å². The summed E-state index contributed by atoms with van der Waals surface area (Å²) in [6.07, 6.45) is -0.351. The van der Waals surface area contributed by atoms with Crippen molar-refractivity contribution in [3.63, 3.8) is 0 Å². The van der Waals surface area contributed by atoms with Crippen molar-refractivity contribution in [1.29, 1.82) is 0 Å². The van der Waals surface area contributed by atoms with E-state index in [0.717, 1.165) is 11.1 Å². The molecule has 196 valence electrons. The van der Waals surface area contributed by atoms with Gasteiger partial charge in [0.25, 0.3) is 0 Å². The van der Waals surface area contributed by atoms with Crippen LogP contribution in [0.2, 0.25) is 0 Å². The number of nitrogens with one attached hydrogen (secondary N) is 1. The Bertz CT molecular complexity index is 941. The largest absolute Gasteiger partial charge is 0.461 e. The molecule has 1 N–H and O–H groups in total. The number of hydrogen-bond acceptors (Lipinski definition) is 7. The lowest BCUT2D eigenvalue weighted by Crippen LogP contribution is -2.46. The molecule has 0 radical (unpaired) electrons. The topological polar surface area (TPSA) is 100 Å². The summed E-state index contributed by atoms with van der Waals surface area (Å²) in [7, 11) is 1.58. The number of carbonyl (C=O) groups excluding carboxylic acids is 3. The Kier molecular flexibility index (Phi) is 11.9. The van der Waals surface area contributed by atoms with Gasteiger partial charge in [0.05, 0.1) is 6.42 Å². The number of amides is 1. The Morgan fingerprint density at radius 3 is 2.11 bits per heavy atom. The van der Waals surface area contributed by atoms with E-state index in [-0.39, 0.29) is 19.4 Å². The van der Waals surface area contributed by atoms with Gasteiger partial charge in [0.2, 0.25) is 0 Å². The van der Waals surface area contributed by atoms with Crippen LogP contribution in [0, 0.1) is 0 Å². The number of alkyl carbamates (subject to hydrolysis) is 1. The second kappa shape index (κ2) is 14.9. The average molecular weight is 500 g/mol. The first-order chi connectivity index (χ1) is 17.2. The molecule has 0 aliphatic heterocycles. The van der Waals surface area contributed by atoms with Gasteiger partial charge in [-0.3, -0.25) is 4.79 Å². The van der Waals surface area contributed by atoms with Gasteiger partial charge >= 0.3 is 18.0 Å². The molecule has 2 aromatic rings. The second-order valence-corrected chi connectivity index (χ2v) is 9.43. The molecule has 36 heavy (non-hydrogen) atoms. The van der Waals surface area contributed by atoms with Crippen molar-refractivity contribution in [2.24, 2.45) is 0 Å². The van der Waals surface area contributed by atoms with E-state index in [1.54, 1.807) is 27.9 Å². The Labute approximate surface area is 213 Å². The van der Waals surface area contributed by atoms with Crippen molar-refractivity contribution in [3.05, 3.63) is 71.8 Å². The van der Waals surface area contributed by atoms with E-state index in [2.05, 4.69) is 5.32 Å². The number of carbonyl (C=O) groups is 3. The average Bonchev–Trinajstić information content (AvgIpc) is 2.82. The van der Waals surface area contributed by atoms with Gasteiger partial charge in [-0.05, 0) is 44.7 Å². The summed E-state index contributed by atoms with van der Waals surface area (Å²) in [6, 6.07) is 17.6. The highest BCUT2D eigenvalue weighted by Gasteiger charge is 2.29. The lowest BCUT2D eigenvalue weighted by atomic mass is 10.1. The zero-order valence-corrected chi connectivity index (χ0v) is 21.5. The van der Waals surface area contributed by atoms with Crippen LogP contribution in [0.5, 0.6) is 0 Å². The van der Waals surface area contributed by atoms with E-state index in [1.807, 2.05) is 60.7 Å². The predicted octanol–water partition coefficient (Wildman–Crippen LogP) is 4.59. The Morgan fingerprint density at radius 1 is 0.917 bits per heavy atom. The number of hydrogen-bond donors (Lipinski definition) is 1. The molecular weight excluding hydrogens is 462 g/mol. The fourth-order valence-electron chi connectivity index (χ4n) is 3.38. The summed E-state index contributed by atoms with van der Waals surface area (Å²) in [6.45, 7) is 5.81. The van der Waals surface area contributed by atoms with E-state index in [9.17, 15) is 14.4 Å². The SMILES string of the molecule is COCCC[C@H](CC(=O)OCc1ccccc1)OC(=O)[C@@H](Cc1ccccc1)NC(=O)OC(C)(C)C.